The van der Waals surface area contributed by atoms with Crippen LogP contribution in [-0.2, 0) is 4.79 Å². The van der Waals surface area contributed by atoms with E-state index in [2.05, 4.69) is 0 Å². The number of amides is 2. The van der Waals surface area contributed by atoms with Crippen LogP contribution < -0.4 is 22.1 Å². The standard InChI is InChI=1S/C14H20N4O2/c15-11-6-5-9(14(17)20)7-12(11)18(8-13(16)19)10-3-1-2-4-10/h5-7,10H,1-4,8,15H2,(H2,16,19)(H2,17,20). The summed E-state index contributed by atoms with van der Waals surface area (Å²) in [5.74, 6) is -0.933. The molecule has 2 rings (SSSR count). The highest BCUT2D eigenvalue weighted by atomic mass is 16.1. The zero-order valence-corrected chi connectivity index (χ0v) is 11.3. The minimum Gasteiger partial charge on any atom is -0.397 e. The van der Waals surface area contributed by atoms with E-state index in [9.17, 15) is 9.59 Å². The molecule has 6 nitrogen and oxygen atoms in total. The Hall–Kier alpha value is -2.24. The van der Waals surface area contributed by atoms with Gasteiger partial charge in [0.05, 0.1) is 17.9 Å². The summed E-state index contributed by atoms with van der Waals surface area (Å²) < 4.78 is 0. The number of nitrogen functional groups attached to an aromatic ring is 1. The van der Waals surface area contributed by atoms with Gasteiger partial charge in [0.15, 0.2) is 0 Å². The Morgan fingerprint density at radius 1 is 1.20 bits per heavy atom. The van der Waals surface area contributed by atoms with Crippen LogP contribution in [0.1, 0.15) is 36.0 Å². The van der Waals surface area contributed by atoms with Crippen LogP contribution in [0.25, 0.3) is 0 Å². The van der Waals surface area contributed by atoms with Gasteiger partial charge in [-0.1, -0.05) is 12.8 Å². The number of anilines is 2. The van der Waals surface area contributed by atoms with E-state index in [1.165, 1.54) is 0 Å². The van der Waals surface area contributed by atoms with E-state index >= 15 is 0 Å². The van der Waals surface area contributed by atoms with Gasteiger partial charge in [0.1, 0.15) is 0 Å². The lowest BCUT2D eigenvalue weighted by Crippen LogP contribution is -2.40. The molecular formula is C14H20N4O2. The third-order valence-electron chi connectivity index (χ3n) is 3.72. The fraction of sp³-hybridized carbons (Fsp3) is 0.429. The predicted molar refractivity (Wildman–Crippen MR) is 78.2 cm³/mol. The molecule has 0 spiro atoms. The SMILES string of the molecule is NC(=O)CN(c1cc(C(N)=O)ccc1N)C1CCCC1. The summed E-state index contributed by atoms with van der Waals surface area (Å²) in [6, 6.07) is 5.09. The monoisotopic (exact) mass is 276 g/mol. The average Bonchev–Trinajstić information content (AvgIpc) is 2.90. The average molecular weight is 276 g/mol. The molecule has 0 unspecified atom stereocenters. The highest BCUT2D eigenvalue weighted by Crippen LogP contribution is 2.32. The van der Waals surface area contributed by atoms with Crippen LogP contribution >= 0.6 is 0 Å². The fourth-order valence-corrected chi connectivity index (χ4v) is 2.74. The lowest BCUT2D eigenvalue weighted by Gasteiger charge is -2.31. The summed E-state index contributed by atoms with van der Waals surface area (Å²) in [6.45, 7) is 0.0943. The zero-order chi connectivity index (χ0) is 14.7. The van der Waals surface area contributed by atoms with Gasteiger partial charge in [0.2, 0.25) is 11.8 Å². The van der Waals surface area contributed by atoms with Gasteiger partial charge in [-0.3, -0.25) is 9.59 Å². The smallest absolute Gasteiger partial charge is 0.248 e. The van der Waals surface area contributed by atoms with Gasteiger partial charge in [-0.2, -0.15) is 0 Å². The number of nitrogens with zero attached hydrogens (tertiary/aromatic N) is 1. The second kappa shape index (κ2) is 5.81. The molecule has 2 amide bonds. The number of primary amides is 2. The van der Waals surface area contributed by atoms with Gasteiger partial charge in [-0.05, 0) is 31.0 Å². The van der Waals surface area contributed by atoms with Crippen LogP contribution in [0, 0.1) is 0 Å². The summed E-state index contributed by atoms with van der Waals surface area (Å²) in [5.41, 5.74) is 18.2. The van der Waals surface area contributed by atoms with Crippen molar-refractivity contribution in [1.29, 1.82) is 0 Å². The third kappa shape index (κ3) is 3.01. The molecule has 1 aliphatic rings. The second-order valence-electron chi connectivity index (χ2n) is 5.17. The van der Waals surface area contributed by atoms with Crippen molar-refractivity contribution in [2.24, 2.45) is 11.5 Å². The van der Waals surface area contributed by atoms with Crippen LogP contribution in [-0.4, -0.2) is 24.4 Å². The van der Waals surface area contributed by atoms with Crippen molar-refractivity contribution in [3.05, 3.63) is 23.8 Å². The van der Waals surface area contributed by atoms with E-state index in [-0.39, 0.29) is 12.6 Å². The lowest BCUT2D eigenvalue weighted by atomic mass is 10.1. The number of benzene rings is 1. The first kappa shape index (κ1) is 14.2. The molecule has 0 saturated heterocycles. The molecule has 108 valence electrons. The molecule has 0 aliphatic heterocycles. The molecule has 20 heavy (non-hydrogen) atoms. The van der Waals surface area contributed by atoms with Crippen molar-refractivity contribution in [3.63, 3.8) is 0 Å². The number of hydrogen-bond acceptors (Lipinski definition) is 4. The molecule has 0 atom stereocenters. The van der Waals surface area contributed by atoms with Crippen LogP contribution in [0.2, 0.25) is 0 Å². The summed E-state index contributed by atoms with van der Waals surface area (Å²) in [6.07, 6.45) is 4.23. The zero-order valence-electron chi connectivity index (χ0n) is 11.3. The number of rotatable bonds is 5. The maximum absolute atomic E-state index is 11.3. The molecule has 1 aromatic carbocycles. The molecule has 1 aromatic rings. The topological polar surface area (TPSA) is 115 Å². The first-order valence-corrected chi connectivity index (χ1v) is 6.73. The van der Waals surface area contributed by atoms with E-state index in [4.69, 9.17) is 17.2 Å². The first-order valence-electron chi connectivity index (χ1n) is 6.73. The fourth-order valence-electron chi connectivity index (χ4n) is 2.74. The minimum atomic E-state index is -0.517. The van der Waals surface area contributed by atoms with E-state index in [1.54, 1.807) is 18.2 Å². The van der Waals surface area contributed by atoms with E-state index in [1.807, 2.05) is 4.90 Å². The Kier molecular flexibility index (Phi) is 4.12. The van der Waals surface area contributed by atoms with E-state index in [0.29, 0.717) is 16.9 Å². The molecule has 6 N–H and O–H groups in total. The van der Waals surface area contributed by atoms with Crippen LogP contribution in [0.4, 0.5) is 11.4 Å². The Morgan fingerprint density at radius 3 is 2.40 bits per heavy atom. The van der Waals surface area contributed by atoms with E-state index in [0.717, 1.165) is 25.7 Å². The quantitative estimate of drug-likeness (QED) is 0.683. The largest absolute Gasteiger partial charge is 0.397 e. The molecule has 0 bridgehead atoms. The van der Waals surface area contributed by atoms with Crippen molar-refractivity contribution < 1.29 is 9.59 Å². The van der Waals surface area contributed by atoms with Crippen molar-refractivity contribution in [2.75, 3.05) is 17.2 Å². The Bertz CT molecular complexity index is 524. The maximum atomic E-state index is 11.3. The van der Waals surface area contributed by atoms with Gasteiger partial charge in [0.25, 0.3) is 0 Å². The Morgan fingerprint density at radius 2 is 1.85 bits per heavy atom. The molecule has 6 heteroatoms. The summed E-state index contributed by atoms with van der Waals surface area (Å²) in [4.78, 5) is 24.5. The highest BCUT2D eigenvalue weighted by Gasteiger charge is 2.25. The Balaban J connectivity index is 2.38. The summed E-state index contributed by atoms with van der Waals surface area (Å²) in [5, 5.41) is 0. The van der Waals surface area contributed by atoms with Gasteiger partial charge in [-0.25, -0.2) is 0 Å². The highest BCUT2D eigenvalue weighted by molar-refractivity contribution is 5.95. The second-order valence-corrected chi connectivity index (χ2v) is 5.17. The van der Waals surface area contributed by atoms with Gasteiger partial charge in [-0.15, -0.1) is 0 Å². The predicted octanol–water partition coefficient (Wildman–Crippen LogP) is 0.602. The maximum Gasteiger partial charge on any atom is 0.248 e. The molecule has 1 fully saturated rings. The van der Waals surface area contributed by atoms with Crippen molar-refractivity contribution in [1.82, 2.24) is 0 Å². The number of hydrogen-bond donors (Lipinski definition) is 3. The normalized spacial score (nSPS) is 15.2. The minimum absolute atomic E-state index is 0.0943. The van der Waals surface area contributed by atoms with Crippen LogP contribution in [0.5, 0.6) is 0 Å². The van der Waals surface area contributed by atoms with Gasteiger partial charge < -0.3 is 22.1 Å². The first-order chi connectivity index (χ1) is 9.49. The number of carbonyl (C=O) groups is 2. The molecule has 0 aromatic heterocycles. The number of nitrogens with two attached hydrogens (primary N) is 3. The molecule has 0 radical (unpaired) electrons. The summed E-state index contributed by atoms with van der Waals surface area (Å²) in [7, 11) is 0. The van der Waals surface area contributed by atoms with Crippen LogP contribution in [0.15, 0.2) is 18.2 Å². The summed E-state index contributed by atoms with van der Waals surface area (Å²) >= 11 is 0. The lowest BCUT2D eigenvalue weighted by molar-refractivity contribution is -0.116. The van der Waals surface area contributed by atoms with E-state index < -0.39 is 11.8 Å². The van der Waals surface area contributed by atoms with Crippen molar-refractivity contribution >= 4 is 23.2 Å². The third-order valence-corrected chi connectivity index (χ3v) is 3.72. The van der Waals surface area contributed by atoms with Gasteiger partial charge in [0, 0.05) is 11.6 Å². The number of carbonyl (C=O) groups excluding carboxylic acids is 2. The van der Waals surface area contributed by atoms with Gasteiger partial charge >= 0.3 is 0 Å². The van der Waals surface area contributed by atoms with Crippen molar-refractivity contribution in [3.8, 4) is 0 Å². The molecule has 1 saturated carbocycles. The molecule has 0 heterocycles. The molecular weight excluding hydrogens is 256 g/mol. The Labute approximate surface area is 117 Å². The van der Waals surface area contributed by atoms with Crippen molar-refractivity contribution in [2.45, 2.75) is 31.7 Å². The molecule has 1 aliphatic carbocycles. The van der Waals surface area contributed by atoms with Crippen LogP contribution in [0.3, 0.4) is 0 Å².